The van der Waals surface area contributed by atoms with Gasteiger partial charge in [-0.1, -0.05) is 0 Å². The fourth-order valence-corrected chi connectivity index (χ4v) is 0.308. The molecule has 0 aromatic rings. The Hall–Kier alpha value is -0.120. The molecule has 3 N–H and O–H groups in total. The first-order valence-corrected chi connectivity index (χ1v) is 2.35. The van der Waals surface area contributed by atoms with Crippen molar-refractivity contribution in [2.75, 3.05) is 19.8 Å². The van der Waals surface area contributed by atoms with Gasteiger partial charge in [-0.25, -0.2) is 0 Å². The van der Waals surface area contributed by atoms with Crippen LogP contribution in [0.4, 0.5) is 0 Å². The molecule has 0 atom stereocenters. The van der Waals surface area contributed by atoms with Crippen LogP contribution in [0.25, 0.3) is 0 Å². The minimum absolute atomic E-state index is 0.129. The van der Waals surface area contributed by atoms with Crippen LogP contribution in [-0.2, 0) is 0 Å². The zero-order valence-electron chi connectivity index (χ0n) is 4.54. The molecule has 0 rings (SSSR count). The predicted molar refractivity (Wildman–Crippen MR) is 28.8 cm³/mol. The molecule has 0 bridgehead atoms. The Labute approximate surface area is 48.6 Å². The van der Waals surface area contributed by atoms with Crippen molar-refractivity contribution in [3.05, 3.63) is 12.3 Å². The monoisotopic (exact) mass is 118 g/mol. The zero-order valence-corrected chi connectivity index (χ0v) is 4.54. The topological polar surface area (TPSA) is 60.7 Å². The molecule has 2 radical (unpaired) electrons. The van der Waals surface area contributed by atoms with Gasteiger partial charge in [-0.2, -0.15) is 0 Å². The predicted octanol–water partition coefficient (Wildman–Crippen LogP) is -1.26. The maximum absolute atomic E-state index is 8.32. The van der Waals surface area contributed by atoms with E-state index >= 15 is 0 Å². The summed E-state index contributed by atoms with van der Waals surface area (Å²) in [7, 11) is 0. The van der Waals surface area contributed by atoms with E-state index in [-0.39, 0.29) is 19.8 Å². The maximum atomic E-state index is 8.32. The Bertz CT molecular complexity index is 42.9. The standard InChI is InChI=1S/C5H10O3/c6-2-1-5(3-7)4-8/h1,6-8H,2-4H2. The Morgan fingerprint density at radius 2 is 1.62 bits per heavy atom. The molecule has 0 saturated heterocycles. The highest BCUT2D eigenvalue weighted by molar-refractivity contribution is 5.02. The zero-order chi connectivity index (χ0) is 6.41. The molecule has 0 unspecified atom stereocenters. The molecule has 0 aromatic heterocycles. The van der Waals surface area contributed by atoms with E-state index in [9.17, 15) is 0 Å². The van der Waals surface area contributed by atoms with Gasteiger partial charge in [0.25, 0.3) is 0 Å². The molecule has 0 aliphatic carbocycles. The second-order valence-corrected chi connectivity index (χ2v) is 1.36. The van der Waals surface area contributed by atoms with Crippen molar-refractivity contribution in [1.82, 2.24) is 0 Å². The number of rotatable bonds is 4. The van der Waals surface area contributed by atoms with Crippen LogP contribution in [0.1, 0.15) is 0 Å². The summed E-state index contributed by atoms with van der Waals surface area (Å²) in [5, 5.41) is 24.8. The number of aliphatic hydroxyl groups is 3. The van der Waals surface area contributed by atoms with Gasteiger partial charge in [0.1, 0.15) is 0 Å². The van der Waals surface area contributed by atoms with E-state index in [2.05, 4.69) is 0 Å². The lowest BCUT2D eigenvalue weighted by molar-refractivity contribution is 0.236. The van der Waals surface area contributed by atoms with Gasteiger partial charge < -0.3 is 15.3 Å². The molecule has 0 aromatic carbocycles. The smallest absolute Gasteiger partial charge is 0.0520 e. The fourth-order valence-electron chi connectivity index (χ4n) is 0.308. The molecule has 0 saturated carbocycles. The van der Waals surface area contributed by atoms with E-state index in [0.717, 1.165) is 0 Å². The van der Waals surface area contributed by atoms with Crippen LogP contribution in [0.15, 0.2) is 0 Å². The first-order chi connectivity index (χ1) is 3.85. The third-order valence-corrected chi connectivity index (χ3v) is 0.786. The summed E-state index contributed by atoms with van der Waals surface area (Å²) in [6.07, 6.45) is 1.38. The van der Waals surface area contributed by atoms with E-state index < -0.39 is 0 Å². The second-order valence-electron chi connectivity index (χ2n) is 1.36. The SMILES string of the molecule is OC[CH][C](CO)CO. The molecule has 0 aliphatic rings. The van der Waals surface area contributed by atoms with Gasteiger partial charge in [0.15, 0.2) is 0 Å². The van der Waals surface area contributed by atoms with Gasteiger partial charge in [-0.05, 0) is 6.42 Å². The van der Waals surface area contributed by atoms with E-state index in [4.69, 9.17) is 15.3 Å². The van der Waals surface area contributed by atoms with Crippen molar-refractivity contribution in [2.24, 2.45) is 0 Å². The number of hydrogen-bond donors (Lipinski definition) is 3. The first-order valence-electron chi connectivity index (χ1n) is 2.35. The summed E-state index contributed by atoms with van der Waals surface area (Å²) in [6, 6.07) is 0. The van der Waals surface area contributed by atoms with Crippen molar-refractivity contribution >= 4 is 0 Å². The fraction of sp³-hybridized carbons (Fsp3) is 0.600. The minimum Gasteiger partial charge on any atom is -0.396 e. The van der Waals surface area contributed by atoms with Crippen LogP contribution < -0.4 is 0 Å². The van der Waals surface area contributed by atoms with Gasteiger partial charge in [0, 0.05) is 12.5 Å². The highest BCUT2D eigenvalue weighted by Crippen LogP contribution is 1.98. The van der Waals surface area contributed by atoms with Gasteiger partial charge in [-0.15, -0.1) is 0 Å². The minimum atomic E-state index is -0.183. The van der Waals surface area contributed by atoms with E-state index in [1.807, 2.05) is 0 Å². The van der Waals surface area contributed by atoms with Crippen molar-refractivity contribution in [3.8, 4) is 0 Å². The Balaban J connectivity index is 3.07. The lowest BCUT2D eigenvalue weighted by atomic mass is 10.1. The Morgan fingerprint density at radius 1 is 1.12 bits per heavy atom. The summed E-state index contributed by atoms with van der Waals surface area (Å²) >= 11 is 0. The average molecular weight is 118 g/mol. The molecule has 8 heavy (non-hydrogen) atoms. The van der Waals surface area contributed by atoms with Crippen molar-refractivity contribution < 1.29 is 15.3 Å². The quantitative estimate of drug-likeness (QED) is 0.432. The summed E-state index contributed by atoms with van der Waals surface area (Å²) in [5.74, 6) is 0.451. The van der Waals surface area contributed by atoms with Crippen LogP contribution in [0.3, 0.4) is 0 Å². The molecule has 48 valence electrons. The molecule has 0 aliphatic heterocycles. The van der Waals surface area contributed by atoms with Crippen molar-refractivity contribution in [1.29, 1.82) is 0 Å². The first kappa shape index (κ1) is 7.88. The summed E-state index contributed by atoms with van der Waals surface area (Å²) in [6.45, 7) is -0.495. The van der Waals surface area contributed by atoms with Gasteiger partial charge in [-0.3, -0.25) is 0 Å². The van der Waals surface area contributed by atoms with Crippen LogP contribution in [0, 0.1) is 12.3 Å². The molecule has 0 heterocycles. The Kier molecular flexibility index (Phi) is 4.95. The van der Waals surface area contributed by atoms with Gasteiger partial charge in [0.2, 0.25) is 0 Å². The average Bonchev–Trinajstić information content (AvgIpc) is 1.83. The number of aliphatic hydroxyl groups excluding tert-OH is 3. The molecule has 0 fully saturated rings. The van der Waals surface area contributed by atoms with Crippen LogP contribution in [0.2, 0.25) is 0 Å². The van der Waals surface area contributed by atoms with Crippen molar-refractivity contribution in [2.45, 2.75) is 0 Å². The van der Waals surface area contributed by atoms with Crippen LogP contribution >= 0.6 is 0 Å². The molecular formula is C5H10O3. The Morgan fingerprint density at radius 3 is 1.75 bits per heavy atom. The molecule has 3 nitrogen and oxygen atoms in total. The van der Waals surface area contributed by atoms with Gasteiger partial charge >= 0.3 is 0 Å². The van der Waals surface area contributed by atoms with Crippen LogP contribution in [0.5, 0.6) is 0 Å². The lowest BCUT2D eigenvalue weighted by Crippen LogP contribution is -2.10. The molecule has 3 heteroatoms. The summed E-state index contributed by atoms with van der Waals surface area (Å²) < 4.78 is 0. The summed E-state index contributed by atoms with van der Waals surface area (Å²) in [4.78, 5) is 0. The van der Waals surface area contributed by atoms with Crippen molar-refractivity contribution in [3.63, 3.8) is 0 Å². The third kappa shape index (κ3) is 2.96. The molecule has 0 spiro atoms. The molecule has 0 amide bonds. The summed E-state index contributed by atoms with van der Waals surface area (Å²) in [5.41, 5.74) is 0. The van der Waals surface area contributed by atoms with E-state index in [0.29, 0.717) is 5.92 Å². The maximum Gasteiger partial charge on any atom is 0.0520 e. The largest absolute Gasteiger partial charge is 0.396 e. The second kappa shape index (κ2) is 5.03. The van der Waals surface area contributed by atoms with E-state index in [1.54, 1.807) is 0 Å². The lowest BCUT2D eigenvalue weighted by Gasteiger charge is -2.04. The van der Waals surface area contributed by atoms with Crippen LogP contribution in [-0.4, -0.2) is 35.1 Å². The third-order valence-electron chi connectivity index (χ3n) is 0.786. The normalized spacial score (nSPS) is 10.5. The highest BCUT2D eigenvalue weighted by Gasteiger charge is 2.03. The molecular weight excluding hydrogens is 108 g/mol. The van der Waals surface area contributed by atoms with Gasteiger partial charge in [0.05, 0.1) is 13.2 Å². The van der Waals surface area contributed by atoms with E-state index in [1.165, 1.54) is 6.42 Å². The number of hydrogen-bond acceptors (Lipinski definition) is 3. The highest BCUT2D eigenvalue weighted by atomic mass is 16.3.